The second kappa shape index (κ2) is 8.22. The molecule has 3 rings (SSSR count). The highest BCUT2D eigenvalue weighted by Gasteiger charge is 2.29. The molecule has 1 atom stereocenters. The van der Waals surface area contributed by atoms with E-state index in [4.69, 9.17) is 0 Å². The van der Waals surface area contributed by atoms with Gasteiger partial charge in [0.05, 0.1) is 5.69 Å². The lowest BCUT2D eigenvalue weighted by atomic mass is 10.1. The molecule has 0 aliphatic carbocycles. The van der Waals surface area contributed by atoms with Crippen molar-refractivity contribution in [1.82, 2.24) is 25.1 Å². The number of piperazine rings is 1. The largest absolute Gasteiger partial charge is 0.396 e. The van der Waals surface area contributed by atoms with Crippen LogP contribution >= 0.6 is 0 Å². The van der Waals surface area contributed by atoms with Crippen LogP contribution in [-0.2, 0) is 0 Å². The monoisotopic (exact) mass is 342 g/mol. The Kier molecular flexibility index (Phi) is 5.78. The topological polar surface area (TPSA) is 70.3 Å². The van der Waals surface area contributed by atoms with Crippen molar-refractivity contribution >= 4 is 5.95 Å². The number of hydrogen-bond donors (Lipinski definition) is 1. The van der Waals surface area contributed by atoms with Crippen LogP contribution in [0, 0.1) is 0 Å². The predicted octanol–water partition coefficient (Wildman–Crippen LogP) is 1.50. The number of tetrazole rings is 1. The molecule has 0 unspecified atom stereocenters. The number of para-hydroxylation sites is 1. The summed E-state index contributed by atoms with van der Waals surface area (Å²) in [5.74, 6) is 0.760. The fourth-order valence-corrected chi connectivity index (χ4v) is 3.15. The van der Waals surface area contributed by atoms with E-state index in [0.29, 0.717) is 0 Å². The molecule has 0 saturated carbocycles. The van der Waals surface area contributed by atoms with Gasteiger partial charge in [-0.2, -0.15) is 4.68 Å². The van der Waals surface area contributed by atoms with Gasteiger partial charge in [-0.05, 0) is 42.8 Å². The van der Waals surface area contributed by atoms with Gasteiger partial charge >= 0.3 is 0 Å². The molecule has 1 aromatic carbocycles. The number of hydrogen-bond acceptors (Lipinski definition) is 6. The summed E-state index contributed by atoms with van der Waals surface area (Å²) in [6, 6.07) is 10.2. The van der Waals surface area contributed by atoms with Crippen LogP contribution in [0.2, 0.25) is 0 Å². The van der Waals surface area contributed by atoms with Gasteiger partial charge in [0.2, 0.25) is 5.95 Å². The van der Waals surface area contributed by atoms with E-state index < -0.39 is 0 Å². The fourth-order valence-electron chi connectivity index (χ4n) is 3.15. The fraction of sp³-hybridized carbons (Fsp3) is 0.500. The maximum Gasteiger partial charge on any atom is 0.250 e. The van der Waals surface area contributed by atoms with Crippen molar-refractivity contribution in [2.45, 2.75) is 26.3 Å². The number of rotatable bonds is 6. The molecule has 0 amide bonds. The summed E-state index contributed by atoms with van der Waals surface area (Å²) >= 11 is 0. The van der Waals surface area contributed by atoms with E-state index in [2.05, 4.69) is 45.2 Å². The summed E-state index contributed by atoms with van der Waals surface area (Å²) in [6.45, 7) is 7.95. The Balaban J connectivity index is 1.77. The molecule has 1 aromatic heterocycles. The first-order valence-corrected chi connectivity index (χ1v) is 8.76. The zero-order valence-corrected chi connectivity index (χ0v) is 14.9. The molecule has 1 N–H and O–H groups in total. The van der Waals surface area contributed by atoms with Crippen molar-refractivity contribution in [3.8, 4) is 5.69 Å². The molecule has 1 aliphatic heterocycles. The van der Waals surface area contributed by atoms with Gasteiger partial charge in [0.25, 0.3) is 0 Å². The van der Waals surface area contributed by atoms with E-state index in [1.807, 2.05) is 30.3 Å². The van der Waals surface area contributed by atoms with Crippen LogP contribution in [0.5, 0.6) is 0 Å². The Bertz CT molecular complexity index is 695. The smallest absolute Gasteiger partial charge is 0.250 e. The minimum absolute atomic E-state index is 0.188. The van der Waals surface area contributed by atoms with Crippen LogP contribution in [0.25, 0.3) is 5.69 Å². The lowest BCUT2D eigenvalue weighted by Crippen LogP contribution is -2.54. The molecule has 1 aliphatic rings. The number of nitrogens with zero attached hydrogens (tertiary/aromatic N) is 6. The Labute approximate surface area is 148 Å². The molecule has 7 nitrogen and oxygen atoms in total. The average molecular weight is 342 g/mol. The zero-order chi connectivity index (χ0) is 17.6. The SMILES string of the molecule is CC(C)=CCN1CCN(c2nnnn2-c2ccccc2)C[C@H]1CCO. The summed E-state index contributed by atoms with van der Waals surface area (Å²) < 4.78 is 1.78. The maximum atomic E-state index is 9.46. The second-order valence-corrected chi connectivity index (χ2v) is 6.61. The van der Waals surface area contributed by atoms with Crippen molar-refractivity contribution in [1.29, 1.82) is 0 Å². The molecule has 2 aromatic rings. The number of aliphatic hydroxyl groups excluding tert-OH is 1. The van der Waals surface area contributed by atoms with Crippen molar-refractivity contribution in [2.75, 3.05) is 37.7 Å². The predicted molar refractivity (Wildman–Crippen MR) is 97.9 cm³/mol. The molecule has 0 spiro atoms. The Morgan fingerprint density at radius 1 is 1.24 bits per heavy atom. The minimum atomic E-state index is 0.188. The first kappa shape index (κ1) is 17.6. The molecule has 25 heavy (non-hydrogen) atoms. The van der Waals surface area contributed by atoms with Crippen LogP contribution in [0.3, 0.4) is 0 Å². The molecule has 0 bridgehead atoms. The molecular formula is C18H26N6O. The van der Waals surface area contributed by atoms with Crippen LogP contribution in [0.1, 0.15) is 20.3 Å². The van der Waals surface area contributed by atoms with Gasteiger partial charge in [0, 0.05) is 38.8 Å². The van der Waals surface area contributed by atoms with Crippen molar-refractivity contribution < 1.29 is 5.11 Å². The third kappa shape index (κ3) is 4.24. The lowest BCUT2D eigenvalue weighted by molar-refractivity contribution is 0.154. The van der Waals surface area contributed by atoms with Crippen LogP contribution in [0.4, 0.5) is 5.95 Å². The van der Waals surface area contributed by atoms with E-state index in [-0.39, 0.29) is 12.6 Å². The van der Waals surface area contributed by atoms with Crippen molar-refractivity contribution in [3.05, 3.63) is 42.0 Å². The zero-order valence-electron chi connectivity index (χ0n) is 14.9. The van der Waals surface area contributed by atoms with Gasteiger partial charge in [0.15, 0.2) is 0 Å². The molecule has 134 valence electrons. The third-order valence-electron chi connectivity index (χ3n) is 4.54. The normalized spacial score (nSPS) is 18.4. The van der Waals surface area contributed by atoms with E-state index in [0.717, 1.165) is 44.2 Å². The standard InChI is InChI=1S/C18H26N6O/c1-15(2)8-10-22-11-12-23(14-17(22)9-13-25)18-19-20-21-24(18)16-6-4-3-5-7-16/h3-8,17,25H,9-14H2,1-2H3/t17-/m1/s1. The highest BCUT2D eigenvalue weighted by molar-refractivity contribution is 5.41. The molecule has 0 radical (unpaired) electrons. The van der Waals surface area contributed by atoms with E-state index in [1.54, 1.807) is 4.68 Å². The Morgan fingerprint density at radius 2 is 2.04 bits per heavy atom. The van der Waals surface area contributed by atoms with Gasteiger partial charge < -0.3 is 10.0 Å². The molecule has 2 heterocycles. The summed E-state index contributed by atoms with van der Waals surface area (Å²) in [7, 11) is 0. The van der Waals surface area contributed by atoms with Gasteiger partial charge in [-0.25, -0.2) is 0 Å². The molecule has 1 saturated heterocycles. The van der Waals surface area contributed by atoms with E-state index in [9.17, 15) is 5.11 Å². The Hall–Kier alpha value is -2.25. The number of allylic oxidation sites excluding steroid dienone is 1. The molecule has 7 heteroatoms. The first-order chi connectivity index (χ1) is 12.2. The van der Waals surface area contributed by atoms with Gasteiger partial charge in [-0.1, -0.05) is 34.9 Å². The lowest BCUT2D eigenvalue weighted by Gasteiger charge is -2.41. The first-order valence-electron chi connectivity index (χ1n) is 8.76. The summed E-state index contributed by atoms with van der Waals surface area (Å²) in [5, 5.41) is 21.7. The van der Waals surface area contributed by atoms with Crippen molar-refractivity contribution in [2.24, 2.45) is 0 Å². The van der Waals surface area contributed by atoms with Crippen LogP contribution in [-0.4, -0.2) is 69.0 Å². The quantitative estimate of drug-likeness (QED) is 0.803. The third-order valence-corrected chi connectivity index (χ3v) is 4.54. The van der Waals surface area contributed by atoms with E-state index >= 15 is 0 Å². The highest BCUT2D eigenvalue weighted by Crippen LogP contribution is 2.20. The number of benzene rings is 1. The number of aromatic nitrogens is 4. The number of aliphatic hydroxyl groups is 1. The van der Waals surface area contributed by atoms with Gasteiger partial charge in [-0.15, -0.1) is 0 Å². The Morgan fingerprint density at radius 3 is 2.76 bits per heavy atom. The van der Waals surface area contributed by atoms with Crippen molar-refractivity contribution in [3.63, 3.8) is 0 Å². The minimum Gasteiger partial charge on any atom is -0.396 e. The van der Waals surface area contributed by atoms with Gasteiger partial charge in [-0.3, -0.25) is 4.90 Å². The summed E-state index contributed by atoms with van der Waals surface area (Å²) in [6.07, 6.45) is 2.99. The van der Waals surface area contributed by atoms with E-state index in [1.165, 1.54) is 5.57 Å². The highest BCUT2D eigenvalue weighted by atomic mass is 16.3. The summed E-state index contributed by atoms with van der Waals surface area (Å²) in [5.41, 5.74) is 2.27. The molecular weight excluding hydrogens is 316 g/mol. The maximum absolute atomic E-state index is 9.46. The van der Waals surface area contributed by atoms with Crippen LogP contribution < -0.4 is 4.90 Å². The van der Waals surface area contributed by atoms with Crippen LogP contribution in [0.15, 0.2) is 42.0 Å². The molecule has 1 fully saturated rings. The second-order valence-electron chi connectivity index (χ2n) is 6.61. The number of anilines is 1. The average Bonchev–Trinajstić information content (AvgIpc) is 3.11. The summed E-state index contributed by atoms with van der Waals surface area (Å²) in [4.78, 5) is 4.64. The van der Waals surface area contributed by atoms with Gasteiger partial charge in [0.1, 0.15) is 0 Å².